The molecule has 4 rings (SSSR count). The molecule has 4 heterocycles. The van der Waals surface area contributed by atoms with Crippen LogP contribution < -0.4 is 9.80 Å². The van der Waals surface area contributed by atoms with Gasteiger partial charge in [0.2, 0.25) is 5.91 Å². The molecule has 0 spiro atoms. The average Bonchev–Trinajstić information content (AvgIpc) is 3.07. The lowest BCUT2D eigenvalue weighted by Crippen LogP contribution is -2.48. The number of amides is 1. The zero-order valence-electron chi connectivity index (χ0n) is 11.7. The Labute approximate surface area is 123 Å². The van der Waals surface area contributed by atoms with Crippen molar-refractivity contribution in [3.05, 3.63) is 36.9 Å². The van der Waals surface area contributed by atoms with Gasteiger partial charge in [-0.3, -0.25) is 14.5 Å². The summed E-state index contributed by atoms with van der Waals surface area (Å²) in [5.41, 5.74) is 2.13. The third-order valence-electron chi connectivity index (χ3n) is 4.24. The lowest BCUT2D eigenvalue weighted by molar-refractivity contribution is -0.117. The molecule has 0 aliphatic carbocycles. The molecule has 2 fully saturated rings. The minimum atomic E-state index is 0.210. The van der Waals surface area contributed by atoms with Crippen molar-refractivity contribution >= 4 is 17.3 Å². The summed E-state index contributed by atoms with van der Waals surface area (Å²) in [6.07, 6.45) is 9.03. The van der Waals surface area contributed by atoms with E-state index in [1.54, 1.807) is 6.20 Å². The van der Waals surface area contributed by atoms with Gasteiger partial charge in [-0.1, -0.05) is 0 Å². The van der Waals surface area contributed by atoms with Gasteiger partial charge in [-0.25, -0.2) is 0 Å². The Morgan fingerprint density at radius 1 is 1.14 bits per heavy atom. The maximum Gasteiger partial charge on any atom is 0.227 e. The molecule has 0 unspecified atom stereocenters. The normalized spacial score (nSPS) is 19.1. The summed E-state index contributed by atoms with van der Waals surface area (Å²) in [4.78, 5) is 19.9. The quantitative estimate of drug-likeness (QED) is 0.856. The van der Waals surface area contributed by atoms with Crippen LogP contribution in [0, 0.1) is 0 Å². The number of pyridine rings is 1. The van der Waals surface area contributed by atoms with Gasteiger partial charge in [0.15, 0.2) is 0 Å². The Morgan fingerprint density at radius 2 is 1.95 bits per heavy atom. The van der Waals surface area contributed by atoms with Gasteiger partial charge in [-0.15, -0.1) is 0 Å². The molecule has 0 aromatic carbocycles. The largest absolute Gasteiger partial charge is 0.367 e. The molecule has 2 saturated heterocycles. The van der Waals surface area contributed by atoms with E-state index in [4.69, 9.17) is 0 Å². The molecule has 0 N–H and O–H groups in total. The zero-order valence-corrected chi connectivity index (χ0v) is 11.7. The second-order valence-corrected chi connectivity index (χ2v) is 5.59. The van der Waals surface area contributed by atoms with E-state index in [1.807, 2.05) is 40.3 Å². The molecule has 21 heavy (non-hydrogen) atoms. The van der Waals surface area contributed by atoms with E-state index in [9.17, 15) is 4.79 Å². The minimum Gasteiger partial charge on any atom is -0.367 e. The van der Waals surface area contributed by atoms with Crippen LogP contribution in [0.5, 0.6) is 0 Å². The number of nitrogens with zero attached hydrogens (tertiary/aromatic N) is 5. The molecule has 0 bridgehead atoms. The van der Waals surface area contributed by atoms with Gasteiger partial charge in [0.05, 0.1) is 17.9 Å². The standard InChI is InChI=1S/C15H17N5O/c21-15-2-1-7-19(15)13-8-17-20(11-13)14-9-18(10-14)12-3-5-16-6-4-12/h3-6,8,11,14H,1-2,7,9-10H2. The van der Waals surface area contributed by atoms with E-state index in [0.29, 0.717) is 12.5 Å². The van der Waals surface area contributed by atoms with Crippen LogP contribution in [-0.2, 0) is 4.79 Å². The molecule has 2 aliphatic heterocycles. The number of aromatic nitrogens is 3. The molecule has 0 atom stereocenters. The molecule has 108 valence electrons. The molecule has 2 aromatic heterocycles. The molecule has 2 aromatic rings. The second kappa shape index (κ2) is 4.87. The second-order valence-electron chi connectivity index (χ2n) is 5.59. The molecule has 2 aliphatic rings. The van der Waals surface area contributed by atoms with Crippen LogP contribution in [0.1, 0.15) is 18.9 Å². The molecular formula is C15H17N5O. The van der Waals surface area contributed by atoms with Gasteiger partial charge in [0.1, 0.15) is 0 Å². The minimum absolute atomic E-state index is 0.210. The van der Waals surface area contributed by atoms with Gasteiger partial charge in [0.25, 0.3) is 0 Å². The average molecular weight is 283 g/mol. The van der Waals surface area contributed by atoms with Crippen LogP contribution in [0.25, 0.3) is 0 Å². The fourth-order valence-electron chi connectivity index (χ4n) is 2.98. The Hall–Kier alpha value is -2.37. The van der Waals surface area contributed by atoms with Crippen molar-refractivity contribution in [2.45, 2.75) is 18.9 Å². The highest BCUT2D eigenvalue weighted by atomic mass is 16.2. The number of anilines is 2. The predicted octanol–water partition coefficient (Wildman–Crippen LogP) is 1.47. The number of hydrogen-bond donors (Lipinski definition) is 0. The fourth-order valence-corrected chi connectivity index (χ4v) is 2.98. The SMILES string of the molecule is O=C1CCCN1c1cnn(C2CN(c3ccncc3)C2)c1. The molecule has 0 saturated carbocycles. The highest BCUT2D eigenvalue weighted by Gasteiger charge is 2.30. The van der Waals surface area contributed by atoms with E-state index < -0.39 is 0 Å². The van der Waals surface area contributed by atoms with Crippen molar-refractivity contribution in [2.75, 3.05) is 29.4 Å². The van der Waals surface area contributed by atoms with Crippen molar-refractivity contribution in [1.82, 2.24) is 14.8 Å². The highest BCUT2D eigenvalue weighted by Crippen LogP contribution is 2.28. The fraction of sp³-hybridized carbons (Fsp3) is 0.400. The number of rotatable bonds is 3. The topological polar surface area (TPSA) is 54.3 Å². The summed E-state index contributed by atoms with van der Waals surface area (Å²) in [5.74, 6) is 0.210. The van der Waals surface area contributed by atoms with E-state index >= 15 is 0 Å². The summed E-state index contributed by atoms with van der Waals surface area (Å²) in [6, 6.07) is 4.42. The van der Waals surface area contributed by atoms with Crippen molar-refractivity contribution < 1.29 is 4.79 Å². The summed E-state index contributed by atoms with van der Waals surface area (Å²) in [7, 11) is 0. The first-order chi connectivity index (χ1) is 10.3. The summed E-state index contributed by atoms with van der Waals surface area (Å²) in [6.45, 7) is 2.70. The van der Waals surface area contributed by atoms with Gasteiger partial charge in [0, 0.05) is 50.3 Å². The number of carbonyl (C=O) groups is 1. The number of carbonyl (C=O) groups excluding carboxylic acids is 1. The van der Waals surface area contributed by atoms with Crippen molar-refractivity contribution in [1.29, 1.82) is 0 Å². The molecule has 0 radical (unpaired) electrons. The van der Waals surface area contributed by atoms with Gasteiger partial charge < -0.3 is 9.80 Å². The van der Waals surface area contributed by atoms with E-state index in [1.165, 1.54) is 5.69 Å². The van der Waals surface area contributed by atoms with E-state index in [-0.39, 0.29) is 5.91 Å². The van der Waals surface area contributed by atoms with Gasteiger partial charge in [-0.05, 0) is 18.6 Å². The lowest BCUT2D eigenvalue weighted by Gasteiger charge is -2.40. The van der Waals surface area contributed by atoms with E-state index in [0.717, 1.165) is 31.7 Å². The molecule has 6 heteroatoms. The van der Waals surface area contributed by atoms with Crippen LogP contribution in [-0.4, -0.2) is 40.3 Å². The van der Waals surface area contributed by atoms with Crippen molar-refractivity contribution in [2.24, 2.45) is 0 Å². The number of hydrogen-bond acceptors (Lipinski definition) is 4. The van der Waals surface area contributed by atoms with Crippen LogP contribution in [0.3, 0.4) is 0 Å². The first kappa shape index (κ1) is 12.4. The van der Waals surface area contributed by atoms with E-state index in [2.05, 4.69) is 15.0 Å². The molecular weight excluding hydrogens is 266 g/mol. The Bertz CT molecular complexity index is 647. The molecule has 1 amide bonds. The third kappa shape index (κ3) is 2.16. The monoisotopic (exact) mass is 283 g/mol. The lowest BCUT2D eigenvalue weighted by atomic mass is 10.1. The highest BCUT2D eigenvalue weighted by molar-refractivity contribution is 5.95. The first-order valence-electron chi connectivity index (χ1n) is 7.31. The Kier molecular flexibility index (Phi) is 2.87. The van der Waals surface area contributed by atoms with Crippen molar-refractivity contribution in [3.8, 4) is 0 Å². The Morgan fingerprint density at radius 3 is 2.67 bits per heavy atom. The van der Waals surface area contributed by atoms with Crippen LogP contribution in [0.4, 0.5) is 11.4 Å². The first-order valence-corrected chi connectivity index (χ1v) is 7.31. The van der Waals surface area contributed by atoms with Crippen LogP contribution in [0.15, 0.2) is 36.9 Å². The smallest absolute Gasteiger partial charge is 0.227 e. The van der Waals surface area contributed by atoms with Crippen molar-refractivity contribution in [3.63, 3.8) is 0 Å². The predicted molar refractivity (Wildman–Crippen MR) is 79.3 cm³/mol. The third-order valence-corrected chi connectivity index (χ3v) is 4.24. The Balaban J connectivity index is 1.43. The van der Waals surface area contributed by atoms with Crippen LogP contribution in [0.2, 0.25) is 0 Å². The summed E-state index contributed by atoms with van der Waals surface area (Å²) >= 11 is 0. The van der Waals surface area contributed by atoms with Crippen LogP contribution >= 0.6 is 0 Å². The molecule has 6 nitrogen and oxygen atoms in total. The zero-order chi connectivity index (χ0) is 14.2. The summed E-state index contributed by atoms with van der Waals surface area (Å²) < 4.78 is 1.98. The van der Waals surface area contributed by atoms with Gasteiger partial charge in [-0.2, -0.15) is 5.10 Å². The summed E-state index contributed by atoms with van der Waals surface area (Å²) in [5, 5.41) is 4.43. The maximum absolute atomic E-state index is 11.7. The maximum atomic E-state index is 11.7. The van der Waals surface area contributed by atoms with Gasteiger partial charge >= 0.3 is 0 Å².